The number of amides is 2. The number of aryl methyl sites for hydroxylation is 1. The maximum absolute atomic E-state index is 13.2. The molecule has 1 aromatic carbocycles. The molecule has 1 aliphatic rings. The van der Waals surface area contributed by atoms with Gasteiger partial charge in [0, 0.05) is 29.9 Å². The molecule has 0 saturated carbocycles. The Kier molecular flexibility index (Phi) is 7.73. The number of pyridine rings is 1. The van der Waals surface area contributed by atoms with E-state index < -0.39 is 23.4 Å². The van der Waals surface area contributed by atoms with Gasteiger partial charge in [-0.25, -0.2) is 4.98 Å². The number of benzene rings is 1. The second-order valence-electron chi connectivity index (χ2n) is 8.52. The van der Waals surface area contributed by atoms with Crippen molar-refractivity contribution in [3.8, 4) is 0 Å². The number of carbonyl (C=O) groups is 2. The molecule has 2 amide bonds. The molecule has 1 saturated heterocycles. The first-order chi connectivity index (χ1) is 17.2. The topological polar surface area (TPSA) is 75.4 Å². The first kappa shape index (κ1) is 25.8. The van der Waals surface area contributed by atoms with Crippen LogP contribution in [0, 0.1) is 6.92 Å². The van der Waals surface area contributed by atoms with E-state index in [1.54, 1.807) is 24.0 Å². The molecule has 3 heterocycles. The summed E-state index contributed by atoms with van der Waals surface area (Å²) in [5.41, 5.74) is 1.64. The molecule has 0 aliphatic carbocycles. The molecule has 6 nitrogen and oxygen atoms in total. The van der Waals surface area contributed by atoms with E-state index in [1.165, 1.54) is 11.8 Å². The summed E-state index contributed by atoms with van der Waals surface area (Å²) in [5.74, 6) is -1.14. The fraction of sp³-hybridized carbons (Fsp3) is 0.346. The molecule has 0 unspecified atom stereocenters. The van der Waals surface area contributed by atoms with Gasteiger partial charge in [0.15, 0.2) is 0 Å². The largest absolute Gasteiger partial charge is 0.456 e. The summed E-state index contributed by atoms with van der Waals surface area (Å²) in [6, 6.07) is 12.3. The Morgan fingerprint density at radius 1 is 1.17 bits per heavy atom. The lowest BCUT2D eigenvalue weighted by Crippen LogP contribution is -2.38. The first-order valence-electron chi connectivity index (χ1n) is 11.6. The second-order valence-corrected chi connectivity index (χ2v) is 9.83. The number of rotatable bonds is 6. The van der Waals surface area contributed by atoms with Crippen LogP contribution in [0.3, 0.4) is 0 Å². The van der Waals surface area contributed by atoms with Gasteiger partial charge in [-0.15, -0.1) is 11.8 Å². The van der Waals surface area contributed by atoms with Gasteiger partial charge in [-0.05, 0) is 67.3 Å². The van der Waals surface area contributed by atoms with Crippen LogP contribution in [0.25, 0.3) is 0 Å². The normalized spacial score (nSPS) is 14.6. The molecule has 0 spiro atoms. The zero-order chi connectivity index (χ0) is 25.9. The molecule has 1 fully saturated rings. The van der Waals surface area contributed by atoms with Crippen LogP contribution in [0.4, 0.5) is 18.9 Å². The number of piperidine rings is 1. The second kappa shape index (κ2) is 10.8. The number of nitrogens with zero attached hydrogens (tertiary/aromatic N) is 2. The van der Waals surface area contributed by atoms with Crippen LogP contribution in [-0.2, 0) is 6.18 Å². The molecule has 3 aromatic rings. The van der Waals surface area contributed by atoms with Gasteiger partial charge in [0.05, 0.1) is 5.56 Å². The third-order valence-electron chi connectivity index (χ3n) is 6.05. The minimum Gasteiger partial charge on any atom is -0.456 e. The highest BCUT2D eigenvalue weighted by atomic mass is 32.2. The first-order valence-corrected chi connectivity index (χ1v) is 12.6. The minimum atomic E-state index is -4.72. The standard InChI is InChI=1S/C26H26F3N3O3S/c1-3-36-21-5-4-12-30-22(21)24(33)31-19-8-6-17(7-9-19)18-10-13-32(14-11-18)25(34)20-15-16(2)35-23(20)26(27,28)29/h4-9,12,15,18H,3,10-11,13-14H2,1-2H3,(H,31,33). The Hall–Kier alpha value is -3.27. The smallest absolute Gasteiger partial charge is 0.450 e. The predicted molar refractivity (Wildman–Crippen MR) is 131 cm³/mol. The Morgan fingerprint density at radius 2 is 1.86 bits per heavy atom. The van der Waals surface area contributed by atoms with Crippen molar-refractivity contribution in [3.05, 3.63) is 77.0 Å². The fourth-order valence-electron chi connectivity index (χ4n) is 4.33. The summed E-state index contributed by atoms with van der Waals surface area (Å²) >= 11 is 1.55. The van der Waals surface area contributed by atoms with Crippen molar-refractivity contribution in [2.24, 2.45) is 0 Å². The lowest BCUT2D eigenvalue weighted by atomic mass is 9.89. The van der Waals surface area contributed by atoms with Gasteiger partial charge in [-0.2, -0.15) is 13.2 Å². The zero-order valence-corrected chi connectivity index (χ0v) is 20.7. The van der Waals surface area contributed by atoms with Crippen molar-refractivity contribution < 1.29 is 27.2 Å². The Balaban J connectivity index is 1.37. The highest BCUT2D eigenvalue weighted by Gasteiger charge is 2.41. The lowest BCUT2D eigenvalue weighted by molar-refractivity contribution is -0.153. The summed E-state index contributed by atoms with van der Waals surface area (Å²) in [7, 11) is 0. The average Bonchev–Trinajstić information content (AvgIpc) is 3.27. The Morgan fingerprint density at radius 3 is 2.50 bits per heavy atom. The minimum absolute atomic E-state index is 0.0520. The van der Waals surface area contributed by atoms with E-state index in [0.717, 1.165) is 22.3 Å². The van der Waals surface area contributed by atoms with Crippen LogP contribution in [0.1, 0.15) is 63.6 Å². The van der Waals surface area contributed by atoms with Crippen molar-refractivity contribution in [1.82, 2.24) is 9.88 Å². The summed E-state index contributed by atoms with van der Waals surface area (Å²) < 4.78 is 44.5. The predicted octanol–water partition coefficient (Wildman–Crippen LogP) is 6.39. The fourth-order valence-corrected chi connectivity index (χ4v) is 5.10. The number of hydrogen-bond acceptors (Lipinski definition) is 5. The Bertz CT molecular complexity index is 1230. The molecule has 0 bridgehead atoms. The van der Waals surface area contributed by atoms with Gasteiger partial charge in [-0.3, -0.25) is 9.59 Å². The van der Waals surface area contributed by atoms with E-state index in [2.05, 4.69) is 10.3 Å². The van der Waals surface area contributed by atoms with Gasteiger partial charge in [0.25, 0.3) is 11.8 Å². The van der Waals surface area contributed by atoms with E-state index in [1.807, 2.05) is 37.3 Å². The van der Waals surface area contributed by atoms with E-state index >= 15 is 0 Å². The number of alkyl halides is 3. The van der Waals surface area contributed by atoms with E-state index in [9.17, 15) is 22.8 Å². The Labute approximate surface area is 211 Å². The van der Waals surface area contributed by atoms with Gasteiger partial charge in [-0.1, -0.05) is 19.1 Å². The highest BCUT2D eigenvalue weighted by molar-refractivity contribution is 7.99. The van der Waals surface area contributed by atoms with E-state index in [4.69, 9.17) is 4.42 Å². The summed E-state index contributed by atoms with van der Waals surface area (Å²) in [4.78, 5) is 32.0. The SMILES string of the molecule is CCSc1cccnc1C(=O)Nc1ccc(C2CCN(C(=O)c3cc(C)oc3C(F)(F)F)CC2)cc1. The molecular weight excluding hydrogens is 491 g/mol. The van der Waals surface area contributed by atoms with Crippen LogP contribution in [0.15, 0.2) is 58.0 Å². The van der Waals surface area contributed by atoms with Crippen molar-refractivity contribution in [2.75, 3.05) is 24.2 Å². The summed E-state index contributed by atoms with van der Waals surface area (Å²) in [5, 5.41) is 2.88. The highest BCUT2D eigenvalue weighted by Crippen LogP contribution is 2.36. The third kappa shape index (κ3) is 5.75. The number of furan rings is 1. The van der Waals surface area contributed by atoms with E-state index in [0.29, 0.717) is 37.3 Å². The van der Waals surface area contributed by atoms with Gasteiger partial charge in [0.2, 0.25) is 5.76 Å². The molecule has 1 N–H and O–H groups in total. The van der Waals surface area contributed by atoms with Crippen molar-refractivity contribution in [2.45, 2.75) is 43.7 Å². The molecule has 36 heavy (non-hydrogen) atoms. The maximum Gasteiger partial charge on any atom is 0.450 e. The molecule has 0 radical (unpaired) electrons. The number of likely N-dealkylation sites (tertiary alicyclic amines) is 1. The molecule has 4 rings (SSSR count). The number of nitrogens with one attached hydrogen (secondary N) is 1. The molecule has 190 valence electrons. The van der Waals surface area contributed by atoms with Gasteiger partial charge >= 0.3 is 6.18 Å². The van der Waals surface area contributed by atoms with Crippen LogP contribution < -0.4 is 5.32 Å². The number of aromatic nitrogens is 1. The lowest BCUT2D eigenvalue weighted by Gasteiger charge is -2.32. The monoisotopic (exact) mass is 517 g/mol. The zero-order valence-electron chi connectivity index (χ0n) is 19.9. The third-order valence-corrected chi connectivity index (χ3v) is 6.98. The number of halogens is 3. The quantitative estimate of drug-likeness (QED) is 0.384. The summed E-state index contributed by atoms with van der Waals surface area (Å²) in [6.07, 6.45) is -1.88. The van der Waals surface area contributed by atoms with Crippen LogP contribution in [-0.4, -0.2) is 40.5 Å². The van der Waals surface area contributed by atoms with Crippen molar-refractivity contribution in [1.29, 1.82) is 0 Å². The average molecular weight is 518 g/mol. The summed E-state index contributed by atoms with van der Waals surface area (Å²) in [6.45, 7) is 4.10. The van der Waals surface area contributed by atoms with Crippen LogP contribution in [0.2, 0.25) is 0 Å². The van der Waals surface area contributed by atoms with Gasteiger partial charge in [0.1, 0.15) is 11.5 Å². The molecule has 0 atom stereocenters. The van der Waals surface area contributed by atoms with E-state index in [-0.39, 0.29) is 17.6 Å². The van der Waals surface area contributed by atoms with Crippen molar-refractivity contribution in [3.63, 3.8) is 0 Å². The molecule has 2 aromatic heterocycles. The number of hydrogen-bond donors (Lipinski definition) is 1. The molecule has 1 aliphatic heterocycles. The van der Waals surface area contributed by atoms with Crippen molar-refractivity contribution >= 4 is 29.3 Å². The molecule has 10 heteroatoms. The number of anilines is 1. The van der Waals surface area contributed by atoms with Crippen LogP contribution >= 0.6 is 11.8 Å². The molecular formula is C26H26F3N3O3S. The number of thioether (sulfide) groups is 1. The van der Waals surface area contributed by atoms with Crippen LogP contribution in [0.5, 0.6) is 0 Å². The maximum atomic E-state index is 13.2. The number of carbonyl (C=O) groups excluding carboxylic acids is 2. The van der Waals surface area contributed by atoms with Gasteiger partial charge < -0.3 is 14.6 Å².